The van der Waals surface area contributed by atoms with Crippen molar-refractivity contribution in [2.24, 2.45) is 0 Å². The molecule has 0 radical (unpaired) electrons. The van der Waals surface area contributed by atoms with Gasteiger partial charge in [-0.05, 0) is 37.5 Å². The second-order valence-corrected chi connectivity index (χ2v) is 5.75. The molecule has 22 heavy (non-hydrogen) atoms. The van der Waals surface area contributed by atoms with Gasteiger partial charge in [0.05, 0.1) is 5.60 Å². The van der Waals surface area contributed by atoms with E-state index >= 15 is 0 Å². The van der Waals surface area contributed by atoms with E-state index in [2.05, 4.69) is 14.9 Å². The molecule has 0 spiro atoms. The van der Waals surface area contributed by atoms with Gasteiger partial charge in [-0.1, -0.05) is 12.1 Å². The van der Waals surface area contributed by atoms with Crippen LogP contribution in [0.25, 0.3) is 0 Å². The number of aryl methyl sites for hydroxylation is 1. The summed E-state index contributed by atoms with van der Waals surface area (Å²) in [6.07, 6.45) is 1.11. The van der Waals surface area contributed by atoms with Gasteiger partial charge in [0.15, 0.2) is 0 Å². The van der Waals surface area contributed by atoms with Crippen LogP contribution in [0.15, 0.2) is 30.3 Å². The topological polar surface area (TPSA) is 75.3 Å². The average Bonchev–Trinajstić information content (AvgIpc) is 2.47. The Hall–Kier alpha value is -2.21. The second kappa shape index (κ2) is 5.53. The Bertz CT molecular complexity index is 646. The van der Waals surface area contributed by atoms with Crippen molar-refractivity contribution in [1.82, 2.24) is 9.97 Å². The Morgan fingerprint density at radius 3 is 2.41 bits per heavy atom. The number of benzene rings is 1. The molecule has 1 aromatic carbocycles. The Labute approximate surface area is 128 Å². The van der Waals surface area contributed by atoms with E-state index < -0.39 is 5.60 Å². The third-order valence-electron chi connectivity index (χ3n) is 4.15. The van der Waals surface area contributed by atoms with Gasteiger partial charge < -0.3 is 15.7 Å². The number of aliphatic hydroxyl groups is 1. The number of hydrogen-bond donors (Lipinski definition) is 2. The molecule has 0 amide bonds. The largest absolute Gasteiger partial charge is 0.385 e. The molecule has 1 saturated heterocycles. The summed E-state index contributed by atoms with van der Waals surface area (Å²) in [4.78, 5) is 10.4. The number of rotatable bonds is 2. The first-order valence-corrected chi connectivity index (χ1v) is 7.31. The molecule has 0 unspecified atom stereocenters. The van der Waals surface area contributed by atoms with Crippen molar-refractivity contribution in [3.8, 4) is 0 Å². The molecular weight excluding hydrogens is 283 g/mol. The smallest absolute Gasteiger partial charge is 0.222 e. The fraction of sp³-hybridized carbons (Fsp3) is 0.375. The number of aromatic nitrogens is 2. The number of nitrogens with two attached hydrogens (primary N) is 1. The van der Waals surface area contributed by atoms with Gasteiger partial charge in [0.25, 0.3) is 0 Å². The van der Waals surface area contributed by atoms with Crippen LogP contribution in [-0.4, -0.2) is 28.2 Å². The van der Waals surface area contributed by atoms with E-state index in [9.17, 15) is 9.50 Å². The van der Waals surface area contributed by atoms with Crippen LogP contribution in [0.2, 0.25) is 0 Å². The minimum Gasteiger partial charge on any atom is -0.385 e. The summed E-state index contributed by atoms with van der Waals surface area (Å²) in [6.45, 7) is 3.19. The Kier molecular flexibility index (Phi) is 3.70. The lowest BCUT2D eigenvalue weighted by molar-refractivity contribution is 0.0116. The monoisotopic (exact) mass is 302 g/mol. The van der Waals surface area contributed by atoms with Gasteiger partial charge in [0.2, 0.25) is 5.95 Å². The molecule has 6 heteroatoms. The minimum absolute atomic E-state index is 0.259. The Morgan fingerprint density at radius 1 is 1.18 bits per heavy atom. The normalized spacial score (nSPS) is 17.5. The van der Waals surface area contributed by atoms with Gasteiger partial charge in [0.1, 0.15) is 11.6 Å². The van der Waals surface area contributed by atoms with Crippen LogP contribution in [0.5, 0.6) is 0 Å². The molecule has 1 aliphatic heterocycles. The van der Waals surface area contributed by atoms with Crippen LogP contribution in [0.4, 0.5) is 16.2 Å². The lowest BCUT2D eigenvalue weighted by atomic mass is 9.84. The SMILES string of the molecule is Cc1cc(N2CCC(O)(c3ccc(F)cc3)CC2)nc(N)n1. The number of piperidine rings is 1. The lowest BCUT2D eigenvalue weighted by Gasteiger charge is -2.39. The molecule has 3 N–H and O–H groups in total. The zero-order chi connectivity index (χ0) is 15.7. The molecule has 0 atom stereocenters. The Balaban J connectivity index is 1.75. The number of nitrogens with zero attached hydrogens (tertiary/aromatic N) is 3. The second-order valence-electron chi connectivity index (χ2n) is 5.75. The fourth-order valence-corrected chi connectivity index (χ4v) is 2.89. The summed E-state index contributed by atoms with van der Waals surface area (Å²) >= 11 is 0. The van der Waals surface area contributed by atoms with E-state index in [4.69, 9.17) is 5.73 Å². The van der Waals surface area contributed by atoms with Gasteiger partial charge in [-0.15, -0.1) is 0 Å². The van der Waals surface area contributed by atoms with Gasteiger partial charge in [0, 0.05) is 24.8 Å². The summed E-state index contributed by atoms with van der Waals surface area (Å²) < 4.78 is 13.0. The van der Waals surface area contributed by atoms with Gasteiger partial charge >= 0.3 is 0 Å². The van der Waals surface area contributed by atoms with Gasteiger partial charge in [-0.2, -0.15) is 4.98 Å². The zero-order valence-electron chi connectivity index (χ0n) is 12.5. The highest BCUT2D eigenvalue weighted by Crippen LogP contribution is 2.34. The maximum absolute atomic E-state index is 13.0. The standard InChI is InChI=1S/C16H19FN4O/c1-11-10-14(20-15(18)19-11)21-8-6-16(22,7-9-21)12-2-4-13(17)5-3-12/h2-5,10,22H,6-9H2,1H3,(H2,18,19,20). The van der Waals surface area contributed by atoms with Crippen LogP contribution in [-0.2, 0) is 5.60 Å². The molecule has 1 aliphatic rings. The molecule has 0 aliphatic carbocycles. The quantitative estimate of drug-likeness (QED) is 0.887. The van der Waals surface area contributed by atoms with E-state index in [1.807, 2.05) is 13.0 Å². The number of anilines is 2. The van der Waals surface area contributed by atoms with E-state index in [0.717, 1.165) is 17.1 Å². The average molecular weight is 302 g/mol. The first kappa shape index (κ1) is 14.7. The van der Waals surface area contributed by atoms with Crippen molar-refractivity contribution in [3.05, 3.63) is 47.4 Å². The molecular formula is C16H19FN4O. The number of halogens is 1. The first-order chi connectivity index (χ1) is 10.5. The number of nitrogen functional groups attached to an aromatic ring is 1. The first-order valence-electron chi connectivity index (χ1n) is 7.31. The van der Waals surface area contributed by atoms with E-state index in [0.29, 0.717) is 25.9 Å². The maximum atomic E-state index is 13.0. The van der Waals surface area contributed by atoms with Crippen LogP contribution in [0, 0.1) is 12.7 Å². The summed E-state index contributed by atoms with van der Waals surface area (Å²) in [5.41, 5.74) is 6.35. The molecule has 2 aromatic rings. The van der Waals surface area contributed by atoms with Crippen LogP contribution in [0.3, 0.4) is 0 Å². The minimum atomic E-state index is -0.919. The van der Waals surface area contributed by atoms with E-state index in [1.54, 1.807) is 12.1 Å². The zero-order valence-corrected chi connectivity index (χ0v) is 12.5. The maximum Gasteiger partial charge on any atom is 0.222 e. The van der Waals surface area contributed by atoms with Crippen molar-refractivity contribution in [1.29, 1.82) is 0 Å². The third kappa shape index (κ3) is 2.87. The molecule has 0 saturated carbocycles. The highest BCUT2D eigenvalue weighted by atomic mass is 19.1. The van der Waals surface area contributed by atoms with Crippen LogP contribution in [0.1, 0.15) is 24.1 Å². The fourth-order valence-electron chi connectivity index (χ4n) is 2.89. The van der Waals surface area contributed by atoms with E-state index in [1.165, 1.54) is 12.1 Å². The predicted octanol–water partition coefficient (Wildman–Crippen LogP) is 1.99. The molecule has 116 valence electrons. The lowest BCUT2D eigenvalue weighted by Crippen LogP contribution is -2.43. The van der Waals surface area contributed by atoms with Crippen molar-refractivity contribution in [2.45, 2.75) is 25.4 Å². The summed E-state index contributed by atoms with van der Waals surface area (Å²) in [7, 11) is 0. The molecule has 3 rings (SSSR count). The van der Waals surface area contributed by atoms with Crippen LogP contribution >= 0.6 is 0 Å². The summed E-state index contributed by atoms with van der Waals surface area (Å²) in [5, 5.41) is 10.8. The van der Waals surface area contributed by atoms with E-state index in [-0.39, 0.29) is 11.8 Å². The van der Waals surface area contributed by atoms with Crippen molar-refractivity contribution in [2.75, 3.05) is 23.7 Å². The predicted molar refractivity (Wildman–Crippen MR) is 82.9 cm³/mol. The number of hydrogen-bond acceptors (Lipinski definition) is 5. The van der Waals surface area contributed by atoms with Gasteiger partial charge in [-0.3, -0.25) is 0 Å². The van der Waals surface area contributed by atoms with Crippen LogP contribution < -0.4 is 10.6 Å². The third-order valence-corrected chi connectivity index (χ3v) is 4.15. The van der Waals surface area contributed by atoms with Crippen molar-refractivity contribution in [3.63, 3.8) is 0 Å². The molecule has 0 bridgehead atoms. The van der Waals surface area contributed by atoms with Gasteiger partial charge in [-0.25, -0.2) is 9.37 Å². The highest BCUT2D eigenvalue weighted by molar-refractivity contribution is 5.44. The van der Waals surface area contributed by atoms with Crippen molar-refractivity contribution < 1.29 is 9.50 Å². The van der Waals surface area contributed by atoms with Crippen molar-refractivity contribution >= 4 is 11.8 Å². The Morgan fingerprint density at radius 2 is 1.82 bits per heavy atom. The molecule has 2 heterocycles. The molecule has 1 fully saturated rings. The molecule has 5 nitrogen and oxygen atoms in total. The highest BCUT2D eigenvalue weighted by Gasteiger charge is 2.34. The molecule has 1 aromatic heterocycles. The summed E-state index contributed by atoms with van der Waals surface area (Å²) in [6, 6.07) is 7.95. The summed E-state index contributed by atoms with van der Waals surface area (Å²) in [5.74, 6) is 0.747.